The maximum absolute atomic E-state index is 3.79. The fourth-order valence-electron chi connectivity index (χ4n) is 2.79. The van der Waals surface area contributed by atoms with Gasteiger partial charge in [-0.15, -0.1) is 6.58 Å². The lowest BCUT2D eigenvalue weighted by molar-refractivity contribution is 0.295. The summed E-state index contributed by atoms with van der Waals surface area (Å²) < 4.78 is 0. The van der Waals surface area contributed by atoms with Crippen molar-refractivity contribution in [2.75, 3.05) is 6.54 Å². The molecule has 0 radical (unpaired) electrons. The highest BCUT2D eigenvalue weighted by molar-refractivity contribution is 5.03. The largest absolute Gasteiger partial charge is 0.311 e. The van der Waals surface area contributed by atoms with Gasteiger partial charge in [0.2, 0.25) is 0 Å². The lowest BCUT2D eigenvalue weighted by atomic mass is 9.86. The van der Waals surface area contributed by atoms with Gasteiger partial charge in [-0.1, -0.05) is 6.08 Å². The monoisotopic (exact) mass is 179 g/mol. The highest BCUT2D eigenvalue weighted by Crippen LogP contribution is 2.46. The van der Waals surface area contributed by atoms with E-state index in [0.29, 0.717) is 5.54 Å². The van der Waals surface area contributed by atoms with Gasteiger partial charge in [-0.25, -0.2) is 0 Å². The molecule has 0 aromatic rings. The predicted molar refractivity (Wildman–Crippen MR) is 56.7 cm³/mol. The molecule has 2 fully saturated rings. The van der Waals surface area contributed by atoms with Crippen molar-refractivity contribution in [3.05, 3.63) is 12.7 Å². The van der Waals surface area contributed by atoms with Crippen LogP contribution in [0.25, 0.3) is 0 Å². The smallest absolute Gasteiger partial charge is 0.0210 e. The van der Waals surface area contributed by atoms with E-state index in [4.69, 9.17) is 0 Å². The van der Waals surface area contributed by atoms with E-state index in [1.54, 1.807) is 0 Å². The Hall–Kier alpha value is -0.300. The Labute approximate surface area is 81.6 Å². The molecule has 0 aromatic carbocycles. The predicted octanol–water partition coefficient (Wildman–Crippen LogP) is 2.87. The molecule has 0 aromatic heterocycles. The van der Waals surface area contributed by atoms with Crippen molar-refractivity contribution in [3.8, 4) is 0 Å². The Morgan fingerprint density at radius 3 is 2.85 bits per heavy atom. The Bertz CT molecular complexity index is 176. The number of allylic oxidation sites excluding steroid dienone is 1. The molecule has 0 bridgehead atoms. The number of unbranched alkanes of at least 4 members (excludes halogenated alkanes) is 1. The maximum atomic E-state index is 3.79. The molecule has 1 aliphatic heterocycles. The lowest BCUT2D eigenvalue weighted by Crippen LogP contribution is -2.41. The van der Waals surface area contributed by atoms with Gasteiger partial charge in [-0.05, 0) is 57.4 Å². The quantitative estimate of drug-likeness (QED) is 0.505. The molecule has 2 rings (SSSR count). The maximum Gasteiger partial charge on any atom is 0.0210 e. The van der Waals surface area contributed by atoms with Crippen LogP contribution in [0.4, 0.5) is 0 Å². The number of hydrogen-bond acceptors (Lipinski definition) is 1. The van der Waals surface area contributed by atoms with Crippen LogP contribution in [-0.4, -0.2) is 12.1 Å². The minimum atomic E-state index is 0.559. The summed E-state index contributed by atoms with van der Waals surface area (Å²) in [6.45, 7) is 5.04. The van der Waals surface area contributed by atoms with Crippen molar-refractivity contribution < 1.29 is 0 Å². The molecular weight excluding hydrogens is 158 g/mol. The first kappa shape index (κ1) is 9.26. The van der Waals surface area contributed by atoms with Gasteiger partial charge in [-0.2, -0.15) is 0 Å². The third-order valence-corrected chi connectivity index (χ3v) is 3.67. The summed E-state index contributed by atoms with van der Waals surface area (Å²) in [5, 5.41) is 3.76. The molecule has 1 saturated heterocycles. The van der Waals surface area contributed by atoms with Crippen LogP contribution < -0.4 is 5.32 Å². The van der Waals surface area contributed by atoms with E-state index in [9.17, 15) is 0 Å². The molecule has 1 unspecified atom stereocenters. The average molecular weight is 179 g/mol. The zero-order valence-corrected chi connectivity index (χ0v) is 8.52. The third-order valence-electron chi connectivity index (χ3n) is 3.67. The number of rotatable bonds is 5. The van der Waals surface area contributed by atoms with E-state index in [2.05, 4.69) is 18.0 Å². The molecule has 1 heterocycles. The summed E-state index contributed by atoms with van der Waals surface area (Å²) in [6, 6.07) is 0. The Morgan fingerprint density at radius 1 is 1.46 bits per heavy atom. The van der Waals surface area contributed by atoms with E-state index in [1.165, 1.54) is 51.5 Å². The molecule has 1 N–H and O–H groups in total. The van der Waals surface area contributed by atoms with Crippen molar-refractivity contribution in [1.82, 2.24) is 5.32 Å². The first-order valence-electron chi connectivity index (χ1n) is 5.73. The van der Waals surface area contributed by atoms with Crippen LogP contribution >= 0.6 is 0 Å². The Kier molecular flexibility index (Phi) is 2.73. The fourth-order valence-corrected chi connectivity index (χ4v) is 2.79. The molecule has 0 spiro atoms. The summed E-state index contributed by atoms with van der Waals surface area (Å²) in [6.07, 6.45) is 11.7. The Morgan fingerprint density at radius 2 is 2.31 bits per heavy atom. The van der Waals surface area contributed by atoms with Gasteiger partial charge in [0.15, 0.2) is 0 Å². The summed E-state index contributed by atoms with van der Waals surface area (Å²) in [5.41, 5.74) is 0.559. The summed E-state index contributed by atoms with van der Waals surface area (Å²) in [7, 11) is 0. The second-order valence-corrected chi connectivity index (χ2v) is 4.64. The molecule has 1 aliphatic carbocycles. The molecular formula is C12H21N. The van der Waals surface area contributed by atoms with Crippen molar-refractivity contribution in [2.24, 2.45) is 5.92 Å². The summed E-state index contributed by atoms with van der Waals surface area (Å²) in [5.74, 6) is 1.01. The van der Waals surface area contributed by atoms with Crippen LogP contribution in [0, 0.1) is 5.92 Å². The minimum absolute atomic E-state index is 0.559. The van der Waals surface area contributed by atoms with Crippen LogP contribution in [0.3, 0.4) is 0 Å². The molecule has 13 heavy (non-hydrogen) atoms. The van der Waals surface area contributed by atoms with Crippen LogP contribution in [-0.2, 0) is 0 Å². The van der Waals surface area contributed by atoms with E-state index in [0.717, 1.165) is 5.92 Å². The van der Waals surface area contributed by atoms with E-state index < -0.39 is 0 Å². The summed E-state index contributed by atoms with van der Waals surface area (Å²) >= 11 is 0. The first-order valence-corrected chi connectivity index (χ1v) is 5.73. The fraction of sp³-hybridized carbons (Fsp3) is 0.833. The second-order valence-electron chi connectivity index (χ2n) is 4.64. The molecule has 0 amide bonds. The van der Waals surface area contributed by atoms with Gasteiger partial charge in [0.1, 0.15) is 0 Å². The standard InChI is InChI=1S/C12H21N/c1-2-3-4-8-12(11-6-7-11)9-5-10-13-12/h2,11,13H,1,3-10H2. The van der Waals surface area contributed by atoms with Gasteiger partial charge in [-0.3, -0.25) is 0 Å². The molecule has 1 saturated carbocycles. The molecule has 2 aliphatic rings. The Balaban J connectivity index is 1.85. The van der Waals surface area contributed by atoms with E-state index >= 15 is 0 Å². The normalized spacial score (nSPS) is 33.5. The SMILES string of the molecule is C=CCCCC1(C2CC2)CCCN1. The van der Waals surface area contributed by atoms with Gasteiger partial charge in [0, 0.05) is 5.54 Å². The third kappa shape index (κ3) is 1.96. The topological polar surface area (TPSA) is 12.0 Å². The molecule has 1 heteroatoms. The highest BCUT2D eigenvalue weighted by Gasteiger charge is 2.45. The molecule has 74 valence electrons. The van der Waals surface area contributed by atoms with Crippen molar-refractivity contribution >= 4 is 0 Å². The molecule has 1 atom stereocenters. The second kappa shape index (κ2) is 3.83. The first-order chi connectivity index (χ1) is 6.37. The van der Waals surface area contributed by atoms with Gasteiger partial charge < -0.3 is 5.32 Å². The van der Waals surface area contributed by atoms with Crippen LogP contribution in [0.1, 0.15) is 44.9 Å². The highest BCUT2D eigenvalue weighted by atomic mass is 15.0. The van der Waals surface area contributed by atoms with E-state index in [1.807, 2.05) is 0 Å². The zero-order chi connectivity index (χ0) is 9.15. The molecule has 1 nitrogen and oxygen atoms in total. The number of nitrogens with one attached hydrogen (secondary N) is 1. The zero-order valence-electron chi connectivity index (χ0n) is 8.52. The van der Waals surface area contributed by atoms with E-state index in [-0.39, 0.29) is 0 Å². The van der Waals surface area contributed by atoms with Crippen LogP contribution in [0.15, 0.2) is 12.7 Å². The van der Waals surface area contributed by atoms with Gasteiger partial charge in [0.05, 0.1) is 0 Å². The van der Waals surface area contributed by atoms with Crippen LogP contribution in [0.5, 0.6) is 0 Å². The lowest BCUT2D eigenvalue weighted by Gasteiger charge is -2.29. The number of hydrogen-bond donors (Lipinski definition) is 1. The van der Waals surface area contributed by atoms with Crippen molar-refractivity contribution in [2.45, 2.75) is 50.5 Å². The van der Waals surface area contributed by atoms with Crippen molar-refractivity contribution in [1.29, 1.82) is 0 Å². The van der Waals surface area contributed by atoms with Crippen molar-refractivity contribution in [3.63, 3.8) is 0 Å². The van der Waals surface area contributed by atoms with Gasteiger partial charge >= 0.3 is 0 Å². The summed E-state index contributed by atoms with van der Waals surface area (Å²) in [4.78, 5) is 0. The van der Waals surface area contributed by atoms with Gasteiger partial charge in [0.25, 0.3) is 0 Å². The van der Waals surface area contributed by atoms with Crippen LogP contribution in [0.2, 0.25) is 0 Å². The average Bonchev–Trinajstić information content (AvgIpc) is 2.89. The minimum Gasteiger partial charge on any atom is -0.311 e.